The van der Waals surface area contributed by atoms with Crippen LogP contribution in [0, 0.1) is 0 Å². The molecule has 1 aromatic carbocycles. The number of H-pyrrole nitrogens is 1. The zero-order chi connectivity index (χ0) is 14.0. The average molecular weight is 364 g/mol. The van der Waals surface area contributed by atoms with Crippen LogP contribution in [-0.2, 0) is 10.0 Å². The van der Waals surface area contributed by atoms with Crippen molar-refractivity contribution in [2.75, 3.05) is 4.72 Å². The molecule has 0 unspecified atom stereocenters. The number of aromatic nitrogens is 1. The van der Waals surface area contributed by atoms with Crippen LogP contribution in [0.2, 0.25) is 5.02 Å². The monoisotopic (exact) mass is 362 g/mol. The van der Waals surface area contributed by atoms with Gasteiger partial charge in [0.15, 0.2) is 0 Å². The fourth-order valence-corrected chi connectivity index (χ4v) is 3.16. The summed E-state index contributed by atoms with van der Waals surface area (Å²) in [5.74, 6) is 0. The summed E-state index contributed by atoms with van der Waals surface area (Å²) in [5, 5.41) is -0.185. The van der Waals surface area contributed by atoms with Crippen molar-refractivity contribution >= 4 is 43.2 Å². The van der Waals surface area contributed by atoms with E-state index in [4.69, 9.17) is 11.6 Å². The molecule has 0 aliphatic heterocycles. The van der Waals surface area contributed by atoms with E-state index >= 15 is 0 Å². The summed E-state index contributed by atoms with van der Waals surface area (Å²) < 4.78 is 27.2. The van der Waals surface area contributed by atoms with Crippen molar-refractivity contribution in [3.8, 4) is 0 Å². The SMILES string of the molecule is O=c1[nH]cc(S(=O)(=O)Nc2ccccc2Br)cc1Cl. The molecule has 0 saturated heterocycles. The van der Waals surface area contributed by atoms with Gasteiger partial charge in [0.25, 0.3) is 15.6 Å². The van der Waals surface area contributed by atoms with Crippen molar-refractivity contribution in [1.82, 2.24) is 4.98 Å². The van der Waals surface area contributed by atoms with Crippen LogP contribution in [0.25, 0.3) is 0 Å². The highest BCUT2D eigenvalue weighted by Gasteiger charge is 2.16. The van der Waals surface area contributed by atoms with Gasteiger partial charge in [-0.1, -0.05) is 23.7 Å². The maximum atomic E-state index is 12.1. The lowest BCUT2D eigenvalue weighted by Crippen LogP contribution is -2.16. The van der Waals surface area contributed by atoms with Crippen LogP contribution >= 0.6 is 27.5 Å². The van der Waals surface area contributed by atoms with E-state index in [9.17, 15) is 13.2 Å². The van der Waals surface area contributed by atoms with E-state index in [0.29, 0.717) is 10.2 Å². The zero-order valence-electron chi connectivity index (χ0n) is 9.35. The number of hydrogen-bond acceptors (Lipinski definition) is 3. The van der Waals surface area contributed by atoms with Gasteiger partial charge in [0.2, 0.25) is 0 Å². The zero-order valence-corrected chi connectivity index (χ0v) is 12.5. The molecule has 0 saturated carbocycles. The molecule has 1 aromatic heterocycles. The number of anilines is 1. The smallest absolute Gasteiger partial charge is 0.266 e. The lowest BCUT2D eigenvalue weighted by atomic mass is 10.3. The molecule has 5 nitrogen and oxygen atoms in total. The third kappa shape index (κ3) is 3.17. The van der Waals surface area contributed by atoms with Gasteiger partial charge in [-0.2, -0.15) is 0 Å². The van der Waals surface area contributed by atoms with Crippen LogP contribution in [0.15, 0.2) is 50.7 Å². The number of sulfonamides is 1. The molecule has 0 aliphatic carbocycles. The second-order valence-corrected chi connectivity index (χ2v) is 6.54. The number of pyridine rings is 1. The molecule has 8 heteroatoms. The molecule has 19 heavy (non-hydrogen) atoms. The molecule has 0 amide bonds. The molecule has 2 N–H and O–H groups in total. The summed E-state index contributed by atoms with van der Waals surface area (Å²) in [5.41, 5.74) is -0.147. The summed E-state index contributed by atoms with van der Waals surface area (Å²) >= 11 is 8.85. The first kappa shape index (κ1) is 14.1. The number of nitrogens with one attached hydrogen (secondary N) is 2. The van der Waals surface area contributed by atoms with Gasteiger partial charge in [0, 0.05) is 10.7 Å². The molecule has 0 aliphatic rings. The van der Waals surface area contributed by atoms with Crippen LogP contribution in [0.1, 0.15) is 0 Å². The Balaban J connectivity index is 2.41. The highest BCUT2D eigenvalue weighted by Crippen LogP contribution is 2.24. The molecule has 0 radical (unpaired) electrons. The Hall–Kier alpha value is -1.31. The topological polar surface area (TPSA) is 79.0 Å². The van der Waals surface area contributed by atoms with Crippen molar-refractivity contribution in [3.63, 3.8) is 0 Å². The minimum atomic E-state index is -3.81. The van der Waals surface area contributed by atoms with Gasteiger partial charge < -0.3 is 4.98 Å². The minimum absolute atomic E-state index is 0.118. The van der Waals surface area contributed by atoms with Crippen LogP contribution in [0.5, 0.6) is 0 Å². The van der Waals surface area contributed by atoms with E-state index in [1.54, 1.807) is 24.3 Å². The Labute approximate surface area is 122 Å². The number of para-hydroxylation sites is 1. The number of benzene rings is 1. The Morgan fingerprint density at radius 3 is 2.58 bits per heavy atom. The number of hydrogen-bond donors (Lipinski definition) is 2. The summed E-state index contributed by atoms with van der Waals surface area (Å²) in [6.07, 6.45) is 1.09. The molecule has 2 rings (SSSR count). The Kier molecular flexibility index (Phi) is 3.98. The first-order valence-electron chi connectivity index (χ1n) is 5.06. The molecule has 100 valence electrons. The Bertz CT molecular complexity index is 774. The van der Waals surface area contributed by atoms with E-state index < -0.39 is 15.6 Å². The molecular weight excluding hydrogens is 356 g/mol. The van der Waals surface area contributed by atoms with Crippen molar-refractivity contribution in [1.29, 1.82) is 0 Å². The van der Waals surface area contributed by atoms with E-state index in [2.05, 4.69) is 25.6 Å². The standard InChI is InChI=1S/C11H8BrClN2O3S/c12-8-3-1-2-4-10(8)15-19(17,18)7-5-9(13)11(16)14-6-7/h1-6,15H,(H,14,16). The first-order chi connectivity index (χ1) is 8.90. The number of rotatable bonds is 3. The second kappa shape index (κ2) is 5.36. The van der Waals surface area contributed by atoms with E-state index in [-0.39, 0.29) is 9.92 Å². The largest absolute Gasteiger partial charge is 0.326 e. The minimum Gasteiger partial charge on any atom is -0.326 e. The van der Waals surface area contributed by atoms with Crippen LogP contribution in [0.4, 0.5) is 5.69 Å². The van der Waals surface area contributed by atoms with Crippen molar-refractivity contribution < 1.29 is 8.42 Å². The maximum Gasteiger partial charge on any atom is 0.266 e. The molecule has 0 fully saturated rings. The van der Waals surface area contributed by atoms with E-state index in [1.807, 2.05) is 0 Å². The predicted octanol–water partition coefficient (Wildman–Crippen LogP) is 2.59. The Morgan fingerprint density at radius 2 is 1.95 bits per heavy atom. The fourth-order valence-electron chi connectivity index (χ4n) is 1.34. The third-order valence-corrected chi connectivity index (χ3v) is 4.58. The first-order valence-corrected chi connectivity index (χ1v) is 7.71. The van der Waals surface area contributed by atoms with Crippen LogP contribution in [-0.4, -0.2) is 13.4 Å². The Morgan fingerprint density at radius 1 is 1.26 bits per heavy atom. The summed E-state index contributed by atoms with van der Waals surface area (Å²) in [6, 6.07) is 7.87. The van der Waals surface area contributed by atoms with Gasteiger partial charge in [0.05, 0.1) is 5.69 Å². The highest BCUT2D eigenvalue weighted by molar-refractivity contribution is 9.10. The number of aromatic amines is 1. The number of halogens is 2. The highest BCUT2D eigenvalue weighted by atomic mass is 79.9. The van der Waals surface area contributed by atoms with E-state index in [1.165, 1.54) is 0 Å². The van der Waals surface area contributed by atoms with Crippen LogP contribution < -0.4 is 10.3 Å². The van der Waals surface area contributed by atoms with Gasteiger partial charge in [-0.05, 0) is 34.1 Å². The predicted molar refractivity (Wildman–Crippen MR) is 77.0 cm³/mol. The average Bonchev–Trinajstić information content (AvgIpc) is 2.35. The normalized spacial score (nSPS) is 11.3. The fraction of sp³-hybridized carbons (Fsp3) is 0. The summed E-state index contributed by atoms with van der Waals surface area (Å²) in [7, 11) is -3.81. The van der Waals surface area contributed by atoms with Crippen molar-refractivity contribution in [2.24, 2.45) is 0 Å². The summed E-state index contributed by atoms with van der Waals surface area (Å²) in [4.78, 5) is 13.2. The third-order valence-electron chi connectivity index (χ3n) is 2.26. The quantitative estimate of drug-likeness (QED) is 0.880. The second-order valence-electron chi connectivity index (χ2n) is 3.60. The van der Waals surface area contributed by atoms with Gasteiger partial charge >= 0.3 is 0 Å². The molecule has 1 heterocycles. The van der Waals surface area contributed by atoms with Crippen molar-refractivity contribution in [3.05, 3.63) is 56.4 Å². The molecule has 0 spiro atoms. The molecule has 0 atom stereocenters. The summed E-state index contributed by atoms with van der Waals surface area (Å²) in [6.45, 7) is 0. The molecule has 2 aromatic rings. The lowest BCUT2D eigenvalue weighted by molar-refractivity contribution is 0.600. The molecular formula is C11H8BrClN2O3S. The van der Waals surface area contributed by atoms with Gasteiger partial charge in [-0.25, -0.2) is 8.42 Å². The molecule has 0 bridgehead atoms. The van der Waals surface area contributed by atoms with Crippen molar-refractivity contribution in [2.45, 2.75) is 4.90 Å². The van der Waals surface area contributed by atoms with Crippen LogP contribution in [0.3, 0.4) is 0 Å². The van der Waals surface area contributed by atoms with Gasteiger partial charge in [0.1, 0.15) is 9.92 Å². The maximum absolute atomic E-state index is 12.1. The van der Waals surface area contributed by atoms with Gasteiger partial charge in [-0.15, -0.1) is 0 Å². The lowest BCUT2D eigenvalue weighted by Gasteiger charge is -2.09. The van der Waals surface area contributed by atoms with Gasteiger partial charge in [-0.3, -0.25) is 9.52 Å². The van der Waals surface area contributed by atoms with E-state index in [0.717, 1.165) is 12.3 Å².